The second kappa shape index (κ2) is 6.06. The summed E-state index contributed by atoms with van der Waals surface area (Å²) in [6.07, 6.45) is 13.2. The summed E-state index contributed by atoms with van der Waals surface area (Å²) in [5.74, 6) is 3.38. The smallest absolute Gasteiger partial charge is 0.146 e. The van der Waals surface area contributed by atoms with E-state index in [1.807, 2.05) is 0 Å². The van der Waals surface area contributed by atoms with Gasteiger partial charge in [0.25, 0.3) is 0 Å². The molecule has 1 heterocycles. The van der Waals surface area contributed by atoms with Gasteiger partial charge in [-0.3, -0.25) is 0 Å². The number of methoxy groups -OCH3 is 1. The van der Waals surface area contributed by atoms with Gasteiger partial charge in [-0.15, -0.1) is 0 Å². The Morgan fingerprint density at radius 2 is 2.00 bits per heavy atom. The summed E-state index contributed by atoms with van der Waals surface area (Å²) in [6, 6.07) is 0. The van der Waals surface area contributed by atoms with Crippen molar-refractivity contribution in [2.45, 2.75) is 84.0 Å². The fourth-order valence-electron chi connectivity index (χ4n) is 8.19. The molecule has 5 aliphatic rings. The Hall–Kier alpha value is -0.380. The molecule has 0 aromatic carbocycles. The largest absolute Gasteiger partial charge is 0.364 e. The van der Waals surface area contributed by atoms with Crippen molar-refractivity contribution in [1.82, 2.24) is 0 Å². The normalized spacial score (nSPS) is 56.5. The van der Waals surface area contributed by atoms with E-state index in [2.05, 4.69) is 26.8 Å². The molecule has 5 rings (SSSR count). The fraction of sp³-hybridized carbons (Fsp3) is 0.913. The van der Waals surface area contributed by atoms with E-state index in [0.717, 1.165) is 23.7 Å². The zero-order chi connectivity index (χ0) is 18.1. The summed E-state index contributed by atoms with van der Waals surface area (Å²) in [5, 5.41) is 0. The SMILES string of the molecule is C/C=C1\[C@H]2O[C@H]2[C@H]2[C@@H]3CC[C@H]4C[C@@H](OCOC)CC[C@]4(C)[C@H]3CC[C@]12C. The number of ether oxygens (including phenoxy) is 3. The van der Waals surface area contributed by atoms with Crippen molar-refractivity contribution in [2.24, 2.45) is 34.5 Å². The first-order valence-electron chi connectivity index (χ1n) is 11.0. The molecule has 4 aliphatic carbocycles. The molecule has 0 aromatic heterocycles. The number of hydrogen-bond acceptors (Lipinski definition) is 3. The van der Waals surface area contributed by atoms with Gasteiger partial charge in [0.05, 0.1) is 12.2 Å². The first-order chi connectivity index (χ1) is 12.5. The molecule has 26 heavy (non-hydrogen) atoms. The molecule has 9 atom stereocenters. The van der Waals surface area contributed by atoms with Crippen LogP contribution in [0, 0.1) is 34.5 Å². The van der Waals surface area contributed by atoms with E-state index in [1.54, 1.807) is 12.7 Å². The third-order valence-corrected chi connectivity index (χ3v) is 9.45. The van der Waals surface area contributed by atoms with E-state index in [-0.39, 0.29) is 0 Å². The average molecular weight is 361 g/mol. The number of fused-ring (bicyclic) bond motifs is 7. The molecule has 0 N–H and O–H groups in total. The van der Waals surface area contributed by atoms with Gasteiger partial charge in [-0.2, -0.15) is 0 Å². The zero-order valence-electron chi connectivity index (χ0n) is 17.0. The molecule has 146 valence electrons. The van der Waals surface area contributed by atoms with Crippen LogP contribution in [0.4, 0.5) is 0 Å². The lowest BCUT2D eigenvalue weighted by atomic mass is 9.45. The van der Waals surface area contributed by atoms with Crippen LogP contribution in [0.15, 0.2) is 11.6 Å². The molecule has 0 radical (unpaired) electrons. The summed E-state index contributed by atoms with van der Waals surface area (Å²) in [7, 11) is 1.73. The van der Waals surface area contributed by atoms with E-state index in [1.165, 1.54) is 44.9 Å². The summed E-state index contributed by atoms with van der Waals surface area (Å²) in [4.78, 5) is 0. The second-order valence-corrected chi connectivity index (χ2v) is 10.3. The van der Waals surface area contributed by atoms with Crippen LogP contribution in [0.5, 0.6) is 0 Å². The van der Waals surface area contributed by atoms with Gasteiger partial charge >= 0.3 is 0 Å². The van der Waals surface area contributed by atoms with E-state index < -0.39 is 0 Å². The van der Waals surface area contributed by atoms with Crippen LogP contribution in [-0.4, -0.2) is 32.2 Å². The Morgan fingerprint density at radius 3 is 2.77 bits per heavy atom. The van der Waals surface area contributed by atoms with Crippen LogP contribution < -0.4 is 0 Å². The molecule has 0 spiro atoms. The quantitative estimate of drug-likeness (QED) is 0.405. The maximum atomic E-state index is 6.17. The van der Waals surface area contributed by atoms with Crippen LogP contribution in [0.2, 0.25) is 0 Å². The lowest BCUT2D eigenvalue weighted by Crippen LogP contribution is -2.54. The highest BCUT2D eigenvalue weighted by atomic mass is 16.7. The Morgan fingerprint density at radius 1 is 1.15 bits per heavy atom. The zero-order valence-corrected chi connectivity index (χ0v) is 17.0. The molecule has 0 bridgehead atoms. The predicted molar refractivity (Wildman–Crippen MR) is 102 cm³/mol. The number of hydrogen-bond donors (Lipinski definition) is 0. The maximum absolute atomic E-state index is 6.17. The van der Waals surface area contributed by atoms with Crippen molar-refractivity contribution in [3.63, 3.8) is 0 Å². The third kappa shape index (κ3) is 2.29. The summed E-state index contributed by atoms with van der Waals surface area (Å²) in [5.41, 5.74) is 2.57. The minimum Gasteiger partial charge on any atom is -0.364 e. The summed E-state index contributed by atoms with van der Waals surface area (Å²) in [6.45, 7) is 7.86. The van der Waals surface area contributed by atoms with Gasteiger partial charge < -0.3 is 14.2 Å². The van der Waals surface area contributed by atoms with Crippen molar-refractivity contribution in [3.8, 4) is 0 Å². The molecule has 3 nitrogen and oxygen atoms in total. The molecule has 1 aliphatic heterocycles. The van der Waals surface area contributed by atoms with Gasteiger partial charge in [0.15, 0.2) is 0 Å². The van der Waals surface area contributed by atoms with E-state index in [4.69, 9.17) is 14.2 Å². The Kier molecular flexibility index (Phi) is 4.12. The summed E-state index contributed by atoms with van der Waals surface area (Å²) < 4.78 is 17.3. The minimum absolute atomic E-state index is 0.413. The predicted octanol–water partition coefficient (Wildman–Crippen LogP) is 4.95. The van der Waals surface area contributed by atoms with Gasteiger partial charge in [0, 0.05) is 13.0 Å². The minimum atomic E-state index is 0.413. The van der Waals surface area contributed by atoms with Gasteiger partial charge in [-0.1, -0.05) is 19.9 Å². The van der Waals surface area contributed by atoms with Crippen molar-refractivity contribution in [3.05, 3.63) is 11.6 Å². The Bertz CT molecular complexity index is 600. The van der Waals surface area contributed by atoms with Crippen LogP contribution in [0.1, 0.15) is 65.7 Å². The van der Waals surface area contributed by atoms with Gasteiger partial charge in [-0.25, -0.2) is 0 Å². The van der Waals surface area contributed by atoms with Crippen molar-refractivity contribution in [2.75, 3.05) is 13.9 Å². The highest BCUT2D eigenvalue weighted by molar-refractivity contribution is 5.36. The van der Waals surface area contributed by atoms with Gasteiger partial charge in [-0.05, 0) is 86.0 Å². The molecule has 4 saturated carbocycles. The van der Waals surface area contributed by atoms with E-state index in [0.29, 0.717) is 35.9 Å². The average Bonchev–Trinajstić information content (AvgIpc) is 3.34. The molecule has 5 fully saturated rings. The lowest BCUT2D eigenvalue weighted by molar-refractivity contribution is -0.151. The first-order valence-corrected chi connectivity index (χ1v) is 11.0. The summed E-state index contributed by atoms with van der Waals surface area (Å²) >= 11 is 0. The number of allylic oxidation sites excluding steroid dienone is 1. The van der Waals surface area contributed by atoms with Crippen LogP contribution in [0.3, 0.4) is 0 Å². The highest BCUT2D eigenvalue weighted by Crippen LogP contribution is 2.71. The van der Waals surface area contributed by atoms with Crippen LogP contribution in [-0.2, 0) is 14.2 Å². The molecule has 1 saturated heterocycles. The number of epoxide rings is 1. The monoisotopic (exact) mass is 360 g/mol. The lowest BCUT2D eigenvalue weighted by Gasteiger charge is -2.60. The molecular weight excluding hydrogens is 324 g/mol. The molecule has 0 aromatic rings. The molecule has 0 unspecified atom stereocenters. The van der Waals surface area contributed by atoms with Crippen molar-refractivity contribution >= 4 is 0 Å². The van der Waals surface area contributed by atoms with Crippen molar-refractivity contribution < 1.29 is 14.2 Å². The standard InChI is InChI=1S/C23H36O3/c1-5-17-20-21(26-20)19-16-7-6-14-12-15(25-13-24-4)8-10-22(14,2)18(16)9-11-23(17,19)3/h5,14-16,18-21H,6-13H2,1-4H3/b17-5+/t14-,15-,16+,18-,19+,20+,21-,22-,23+/m0/s1. The Labute approximate surface area is 158 Å². The van der Waals surface area contributed by atoms with Crippen LogP contribution in [0.25, 0.3) is 0 Å². The molecular formula is C23H36O3. The van der Waals surface area contributed by atoms with Gasteiger partial charge in [0.2, 0.25) is 0 Å². The topological polar surface area (TPSA) is 31.0 Å². The second-order valence-electron chi connectivity index (χ2n) is 10.3. The fourth-order valence-corrected chi connectivity index (χ4v) is 8.19. The van der Waals surface area contributed by atoms with Gasteiger partial charge in [0.1, 0.15) is 12.9 Å². The third-order valence-electron chi connectivity index (χ3n) is 9.45. The van der Waals surface area contributed by atoms with Crippen LogP contribution >= 0.6 is 0 Å². The number of rotatable bonds is 3. The molecule has 0 amide bonds. The molecule has 3 heteroatoms. The Balaban J connectivity index is 1.38. The first kappa shape index (κ1) is 17.7. The van der Waals surface area contributed by atoms with E-state index in [9.17, 15) is 0 Å². The van der Waals surface area contributed by atoms with E-state index >= 15 is 0 Å². The highest BCUT2D eigenvalue weighted by Gasteiger charge is 2.69. The maximum Gasteiger partial charge on any atom is 0.146 e. The van der Waals surface area contributed by atoms with Crippen molar-refractivity contribution in [1.29, 1.82) is 0 Å².